The minimum Gasteiger partial charge on any atom is -0.495 e. The Hall–Kier alpha value is -3.21. The van der Waals surface area contributed by atoms with E-state index in [1.165, 1.54) is 13.5 Å². The number of rotatable bonds is 7. The maximum absolute atomic E-state index is 12.7. The Kier molecular flexibility index (Phi) is 6.54. The van der Waals surface area contributed by atoms with E-state index in [-0.39, 0.29) is 5.56 Å². The summed E-state index contributed by atoms with van der Waals surface area (Å²) in [4.78, 5) is 17.9. The number of pyridine rings is 1. The number of ether oxygens (including phenoxy) is 2. The van der Waals surface area contributed by atoms with E-state index in [2.05, 4.69) is 28.3 Å². The van der Waals surface area contributed by atoms with Crippen molar-refractivity contribution < 1.29 is 9.47 Å². The zero-order chi connectivity index (χ0) is 22.7. The normalized spacial score (nSPS) is 16.1. The SMILES string of the molecule is COc1cc(NCc2cc3ccc(OC[C@@H]4CCCN4C)c(Cl)c3[nH]c2=O)ccc1C#N. The van der Waals surface area contributed by atoms with Gasteiger partial charge in [0.15, 0.2) is 0 Å². The van der Waals surface area contributed by atoms with E-state index in [9.17, 15) is 4.79 Å². The van der Waals surface area contributed by atoms with Gasteiger partial charge in [0.05, 0.1) is 18.2 Å². The van der Waals surface area contributed by atoms with Gasteiger partial charge in [0.2, 0.25) is 0 Å². The van der Waals surface area contributed by atoms with Crippen molar-refractivity contribution in [2.45, 2.75) is 25.4 Å². The summed E-state index contributed by atoms with van der Waals surface area (Å²) in [6.45, 7) is 1.96. The van der Waals surface area contributed by atoms with E-state index >= 15 is 0 Å². The lowest BCUT2D eigenvalue weighted by atomic mass is 10.1. The van der Waals surface area contributed by atoms with Crippen LogP contribution in [0.15, 0.2) is 41.2 Å². The van der Waals surface area contributed by atoms with Crippen LogP contribution < -0.4 is 20.3 Å². The average Bonchev–Trinajstić information content (AvgIpc) is 3.22. The maximum atomic E-state index is 12.7. The Morgan fingerprint density at radius 3 is 2.84 bits per heavy atom. The number of hydrogen-bond acceptors (Lipinski definition) is 6. The smallest absolute Gasteiger partial charge is 0.253 e. The summed E-state index contributed by atoms with van der Waals surface area (Å²) in [6.07, 6.45) is 2.29. The van der Waals surface area contributed by atoms with Gasteiger partial charge in [-0.15, -0.1) is 0 Å². The van der Waals surface area contributed by atoms with Crippen LogP contribution in [0.25, 0.3) is 10.9 Å². The van der Waals surface area contributed by atoms with Crippen molar-refractivity contribution in [1.82, 2.24) is 9.88 Å². The molecule has 0 bridgehead atoms. The number of hydrogen-bond donors (Lipinski definition) is 2. The van der Waals surface area contributed by atoms with Crippen molar-refractivity contribution in [3.05, 3.63) is 62.9 Å². The minimum absolute atomic E-state index is 0.222. The molecule has 1 aliphatic heterocycles. The lowest BCUT2D eigenvalue weighted by Gasteiger charge is -2.20. The molecule has 1 aliphatic rings. The number of likely N-dealkylation sites (tertiary alicyclic amines) is 1. The van der Waals surface area contributed by atoms with Gasteiger partial charge in [0.25, 0.3) is 5.56 Å². The molecule has 4 rings (SSSR count). The number of anilines is 1. The first-order valence-corrected chi connectivity index (χ1v) is 10.9. The maximum Gasteiger partial charge on any atom is 0.253 e. The first-order chi connectivity index (χ1) is 15.5. The van der Waals surface area contributed by atoms with Gasteiger partial charge in [-0.25, -0.2) is 0 Å². The number of benzene rings is 2. The van der Waals surface area contributed by atoms with Gasteiger partial charge in [-0.1, -0.05) is 11.6 Å². The predicted molar refractivity (Wildman–Crippen MR) is 126 cm³/mol. The van der Waals surface area contributed by atoms with E-state index in [0.29, 0.717) is 52.4 Å². The van der Waals surface area contributed by atoms with Crippen LogP contribution in [0.1, 0.15) is 24.0 Å². The molecule has 166 valence electrons. The van der Waals surface area contributed by atoms with Gasteiger partial charge >= 0.3 is 0 Å². The molecule has 7 nitrogen and oxygen atoms in total. The van der Waals surface area contributed by atoms with Crippen molar-refractivity contribution in [3.63, 3.8) is 0 Å². The van der Waals surface area contributed by atoms with Gasteiger partial charge < -0.3 is 24.7 Å². The Morgan fingerprint density at radius 2 is 2.12 bits per heavy atom. The highest BCUT2D eigenvalue weighted by Gasteiger charge is 2.22. The number of H-pyrrole nitrogens is 1. The molecule has 0 saturated carbocycles. The van der Waals surface area contributed by atoms with Gasteiger partial charge in [-0.05, 0) is 56.8 Å². The van der Waals surface area contributed by atoms with E-state index in [1.807, 2.05) is 18.2 Å². The average molecular weight is 453 g/mol. The highest BCUT2D eigenvalue weighted by molar-refractivity contribution is 6.36. The molecule has 0 amide bonds. The van der Waals surface area contributed by atoms with Crippen LogP contribution in [0.3, 0.4) is 0 Å². The number of nitrogens with zero attached hydrogens (tertiary/aromatic N) is 2. The first-order valence-electron chi connectivity index (χ1n) is 10.5. The fourth-order valence-electron chi connectivity index (χ4n) is 3.98. The summed E-state index contributed by atoms with van der Waals surface area (Å²) in [5.41, 5.74) is 2.11. The zero-order valence-corrected chi connectivity index (χ0v) is 18.8. The third-order valence-corrected chi connectivity index (χ3v) is 6.28. The fraction of sp³-hybridized carbons (Fsp3) is 0.333. The Labute approximate surface area is 191 Å². The molecule has 1 fully saturated rings. The number of likely N-dealkylation sites (N-methyl/N-ethyl adjacent to an activating group) is 1. The molecule has 32 heavy (non-hydrogen) atoms. The molecule has 0 aliphatic carbocycles. The standard InChI is InChI=1S/C24H25ClN4O3/c1-29-9-3-4-19(29)14-32-20-8-6-15-10-17(24(30)28-23(15)22(20)25)13-27-18-7-5-16(12-26)21(11-18)31-2/h5-8,10-11,19,27H,3-4,9,13-14H2,1-2H3,(H,28,30)/t19-/m0/s1. The second-order valence-electron chi connectivity index (χ2n) is 7.93. The lowest BCUT2D eigenvalue weighted by Crippen LogP contribution is -2.30. The van der Waals surface area contributed by atoms with Crippen LogP contribution >= 0.6 is 11.6 Å². The van der Waals surface area contributed by atoms with Gasteiger partial charge in [0.1, 0.15) is 29.2 Å². The van der Waals surface area contributed by atoms with Crippen molar-refractivity contribution in [2.75, 3.05) is 32.6 Å². The molecule has 1 aromatic heterocycles. The highest BCUT2D eigenvalue weighted by atomic mass is 35.5. The van der Waals surface area contributed by atoms with Gasteiger partial charge in [-0.2, -0.15) is 5.26 Å². The van der Waals surface area contributed by atoms with Crippen molar-refractivity contribution in [1.29, 1.82) is 5.26 Å². The number of halogens is 1. The van der Waals surface area contributed by atoms with Crippen LogP contribution in [0.5, 0.6) is 11.5 Å². The summed E-state index contributed by atoms with van der Waals surface area (Å²) in [6, 6.07) is 13.2. The second kappa shape index (κ2) is 9.51. The van der Waals surface area contributed by atoms with Crippen LogP contribution in [0.2, 0.25) is 5.02 Å². The van der Waals surface area contributed by atoms with E-state index in [4.69, 9.17) is 26.3 Å². The summed E-state index contributed by atoms with van der Waals surface area (Å²) < 4.78 is 11.2. The number of aromatic nitrogens is 1. The Morgan fingerprint density at radius 1 is 1.28 bits per heavy atom. The molecule has 0 radical (unpaired) electrons. The topological polar surface area (TPSA) is 90.4 Å². The molecule has 8 heteroatoms. The molecule has 1 atom stereocenters. The quantitative estimate of drug-likeness (QED) is 0.559. The molecular formula is C24H25ClN4O3. The number of fused-ring (bicyclic) bond motifs is 1. The van der Waals surface area contributed by atoms with Crippen LogP contribution in [0.4, 0.5) is 5.69 Å². The first kappa shape index (κ1) is 22.0. The van der Waals surface area contributed by atoms with Crippen LogP contribution in [0, 0.1) is 11.3 Å². The van der Waals surface area contributed by atoms with Crippen LogP contribution in [-0.2, 0) is 6.54 Å². The number of aromatic amines is 1. The molecule has 2 heterocycles. The van der Waals surface area contributed by atoms with E-state index in [1.54, 1.807) is 18.2 Å². The second-order valence-corrected chi connectivity index (χ2v) is 8.31. The predicted octanol–water partition coefficient (Wildman–Crippen LogP) is 4.15. The summed E-state index contributed by atoms with van der Waals surface area (Å²) in [7, 11) is 3.62. The van der Waals surface area contributed by atoms with Gasteiger partial charge in [0, 0.05) is 35.3 Å². The van der Waals surface area contributed by atoms with Crippen molar-refractivity contribution >= 4 is 28.2 Å². The number of nitrogens with one attached hydrogen (secondary N) is 2. The van der Waals surface area contributed by atoms with Crippen LogP contribution in [-0.4, -0.2) is 43.2 Å². The summed E-state index contributed by atoms with van der Waals surface area (Å²) >= 11 is 6.56. The third kappa shape index (κ3) is 4.52. The molecule has 0 unspecified atom stereocenters. The largest absolute Gasteiger partial charge is 0.495 e. The molecule has 0 spiro atoms. The lowest BCUT2D eigenvalue weighted by molar-refractivity contribution is 0.198. The summed E-state index contributed by atoms with van der Waals surface area (Å²) in [5, 5.41) is 13.6. The van der Waals surface area contributed by atoms with E-state index in [0.717, 1.165) is 24.0 Å². The number of nitriles is 1. The molecule has 2 N–H and O–H groups in total. The van der Waals surface area contributed by atoms with Crippen molar-refractivity contribution in [3.8, 4) is 17.6 Å². The summed E-state index contributed by atoms with van der Waals surface area (Å²) in [5.74, 6) is 1.05. The molecule has 1 saturated heterocycles. The third-order valence-electron chi connectivity index (χ3n) is 5.91. The Bertz CT molecular complexity index is 1230. The fourth-order valence-corrected chi connectivity index (χ4v) is 4.25. The van der Waals surface area contributed by atoms with Crippen molar-refractivity contribution in [2.24, 2.45) is 0 Å². The number of methoxy groups -OCH3 is 1. The molecular weight excluding hydrogens is 428 g/mol. The van der Waals surface area contributed by atoms with E-state index < -0.39 is 0 Å². The highest BCUT2D eigenvalue weighted by Crippen LogP contribution is 2.32. The monoisotopic (exact) mass is 452 g/mol. The zero-order valence-electron chi connectivity index (χ0n) is 18.1. The minimum atomic E-state index is -0.222. The van der Waals surface area contributed by atoms with Gasteiger partial charge in [-0.3, -0.25) is 4.79 Å². The Balaban J connectivity index is 1.51. The molecule has 2 aromatic carbocycles. The molecule has 3 aromatic rings.